The van der Waals surface area contributed by atoms with Crippen molar-refractivity contribution in [3.63, 3.8) is 0 Å². The Morgan fingerprint density at radius 1 is 0.833 bits per heavy atom. The third-order valence-corrected chi connectivity index (χ3v) is 2.63. The van der Waals surface area contributed by atoms with Crippen LogP contribution in [-0.4, -0.2) is 26.3 Å². The molecular formula is C14H15NO3. The van der Waals surface area contributed by atoms with Gasteiger partial charge in [-0.3, -0.25) is 0 Å². The number of hydrogen-bond acceptors (Lipinski definition) is 4. The van der Waals surface area contributed by atoms with Gasteiger partial charge < -0.3 is 14.2 Å². The summed E-state index contributed by atoms with van der Waals surface area (Å²) in [6, 6.07) is 9.80. The van der Waals surface area contributed by atoms with Crippen LogP contribution in [0.4, 0.5) is 0 Å². The third kappa shape index (κ3) is 2.09. The van der Waals surface area contributed by atoms with Gasteiger partial charge >= 0.3 is 0 Å². The van der Waals surface area contributed by atoms with Crippen molar-refractivity contribution in [2.45, 2.75) is 0 Å². The van der Waals surface area contributed by atoms with Gasteiger partial charge in [-0.05, 0) is 0 Å². The summed E-state index contributed by atoms with van der Waals surface area (Å²) in [6.07, 6.45) is 1.63. The molecule has 4 heteroatoms. The van der Waals surface area contributed by atoms with E-state index >= 15 is 0 Å². The molecule has 4 nitrogen and oxygen atoms in total. The van der Waals surface area contributed by atoms with Gasteiger partial charge in [0.15, 0.2) is 11.5 Å². The van der Waals surface area contributed by atoms with Crippen molar-refractivity contribution in [1.29, 1.82) is 0 Å². The number of hydrogen-bond donors (Lipinski definition) is 0. The van der Waals surface area contributed by atoms with Crippen molar-refractivity contribution >= 4 is 0 Å². The average molecular weight is 245 g/mol. The number of rotatable bonds is 4. The van der Waals surface area contributed by atoms with Gasteiger partial charge in [-0.15, -0.1) is 0 Å². The zero-order chi connectivity index (χ0) is 13.0. The van der Waals surface area contributed by atoms with Gasteiger partial charge in [-0.25, -0.2) is 4.98 Å². The van der Waals surface area contributed by atoms with E-state index in [1.165, 1.54) is 0 Å². The van der Waals surface area contributed by atoms with Crippen LogP contribution in [0.1, 0.15) is 0 Å². The van der Waals surface area contributed by atoms with Gasteiger partial charge in [-0.1, -0.05) is 30.3 Å². The highest BCUT2D eigenvalue weighted by Crippen LogP contribution is 2.42. The number of methoxy groups -OCH3 is 3. The highest BCUT2D eigenvalue weighted by molar-refractivity contribution is 5.72. The lowest BCUT2D eigenvalue weighted by Crippen LogP contribution is -1.98. The highest BCUT2D eigenvalue weighted by atomic mass is 16.5. The van der Waals surface area contributed by atoms with E-state index in [1.54, 1.807) is 27.5 Å². The van der Waals surface area contributed by atoms with E-state index in [2.05, 4.69) is 4.98 Å². The molecule has 0 unspecified atom stereocenters. The number of benzene rings is 1. The Bertz CT molecular complexity index is 526. The van der Waals surface area contributed by atoms with Gasteiger partial charge in [0.05, 0.1) is 27.5 Å². The molecule has 2 rings (SSSR count). The van der Waals surface area contributed by atoms with Crippen LogP contribution in [0.5, 0.6) is 17.2 Å². The van der Waals surface area contributed by atoms with E-state index in [1.807, 2.05) is 30.3 Å². The Morgan fingerprint density at radius 2 is 1.50 bits per heavy atom. The maximum absolute atomic E-state index is 5.40. The van der Waals surface area contributed by atoms with Crippen molar-refractivity contribution in [1.82, 2.24) is 4.98 Å². The fourth-order valence-corrected chi connectivity index (χ4v) is 1.79. The first-order valence-electron chi connectivity index (χ1n) is 5.52. The van der Waals surface area contributed by atoms with Crippen LogP contribution in [-0.2, 0) is 0 Å². The molecule has 1 heterocycles. The Hall–Kier alpha value is -2.23. The molecule has 0 N–H and O–H groups in total. The standard InChI is InChI=1S/C14H15NO3/c1-16-11-9-15-12(10-7-5-4-6-8-10)14(18-3)13(11)17-2/h4-9H,1-3H3. The average Bonchev–Trinajstić information content (AvgIpc) is 2.46. The van der Waals surface area contributed by atoms with Crippen LogP contribution in [0.25, 0.3) is 11.3 Å². The molecule has 0 aliphatic heterocycles. The molecule has 0 aliphatic carbocycles. The molecule has 1 aromatic carbocycles. The first-order valence-corrected chi connectivity index (χ1v) is 5.52. The molecule has 0 radical (unpaired) electrons. The fraction of sp³-hybridized carbons (Fsp3) is 0.214. The largest absolute Gasteiger partial charge is 0.491 e. The molecule has 18 heavy (non-hydrogen) atoms. The second-order valence-corrected chi connectivity index (χ2v) is 3.61. The molecule has 0 spiro atoms. The lowest BCUT2D eigenvalue weighted by Gasteiger charge is -2.14. The fourth-order valence-electron chi connectivity index (χ4n) is 1.79. The molecule has 1 aromatic heterocycles. The molecular weight excluding hydrogens is 230 g/mol. The summed E-state index contributed by atoms with van der Waals surface area (Å²) in [5.74, 6) is 1.67. The predicted octanol–water partition coefficient (Wildman–Crippen LogP) is 2.77. The first kappa shape index (κ1) is 12.2. The molecule has 0 fully saturated rings. The summed E-state index contributed by atoms with van der Waals surface area (Å²) in [6.45, 7) is 0. The number of aromatic nitrogens is 1. The molecule has 0 bridgehead atoms. The van der Waals surface area contributed by atoms with Gasteiger partial charge in [0.2, 0.25) is 5.75 Å². The zero-order valence-electron chi connectivity index (χ0n) is 10.6. The minimum Gasteiger partial charge on any atom is -0.491 e. The molecule has 94 valence electrons. The van der Waals surface area contributed by atoms with E-state index in [9.17, 15) is 0 Å². The summed E-state index contributed by atoms with van der Waals surface area (Å²) >= 11 is 0. The van der Waals surface area contributed by atoms with Crippen molar-refractivity contribution in [3.8, 4) is 28.5 Å². The van der Waals surface area contributed by atoms with Crippen LogP contribution in [0.15, 0.2) is 36.5 Å². The summed E-state index contributed by atoms with van der Waals surface area (Å²) in [4.78, 5) is 4.37. The van der Waals surface area contributed by atoms with Crippen molar-refractivity contribution in [2.24, 2.45) is 0 Å². The van der Waals surface area contributed by atoms with Gasteiger partial charge in [0.1, 0.15) is 5.69 Å². The van der Waals surface area contributed by atoms with E-state index < -0.39 is 0 Å². The highest BCUT2D eigenvalue weighted by Gasteiger charge is 2.18. The molecule has 0 atom stereocenters. The van der Waals surface area contributed by atoms with Gasteiger partial charge in [0, 0.05) is 5.56 Å². The Labute approximate surface area is 106 Å². The minimum atomic E-state index is 0.550. The minimum absolute atomic E-state index is 0.550. The van der Waals surface area contributed by atoms with Crippen molar-refractivity contribution in [3.05, 3.63) is 36.5 Å². The van der Waals surface area contributed by atoms with E-state index in [4.69, 9.17) is 14.2 Å². The number of pyridine rings is 1. The van der Waals surface area contributed by atoms with Gasteiger partial charge in [0.25, 0.3) is 0 Å². The molecule has 0 aliphatic rings. The van der Waals surface area contributed by atoms with Crippen LogP contribution >= 0.6 is 0 Å². The topological polar surface area (TPSA) is 40.6 Å². The van der Waals surface area contributed by atoms with E-state index in [0.717, 1.165) is 11.3 Å². The van der Waals surface area contributed by atoms with Crippen LogP contribution in [0, 0.1) is 0 Å². The molecule has 0 amide bonds. The van der Waals surface area contributed by atoms with Gasteiger partial charge in [-0.2, -0.15) is 0 Å². The normalized spacial score (nSPS) is 9.94. The lowest BCUT2D eigenvalue weighted by molar-refractivity contribution is 0.323. The summed E-state index contributed by atoms with van der Waals surface area (Å²) in [5, 5.41) is 0. The molecule has 0 saturated carbocycles. The van der Waals surface area contributed by atoms with Crippen LogP contribution in [0.2, 0.25) is 0 Å². The van der Waals surface area contributed by atoms with E-state index in [0.29, 0.717) is 17.2 Å². The van der Waals surface area contributed by atoms with Crippen molar-refractivity contribution < 1.29 is 14.2 Å². The molecule has 2 aromatic rings. The second kappa shape index (κ2) is 5.40. The van der Waals surface area contributed by atoms with Crippen LogP contribution in [0.3, 0.4) is 0 Å². The quantitative estimate of drug-likeness (QED) is 0.830. The zero-order valence-corrected chi connectivity index (χ0v) is 10.6. The summed E-state index contributed by atoms with van der Waals surface area (Å²) in [7, 11) is 4.74. The third-order valence-electron chi connectivity index (χ3n) is 2.63. The smallest absolute Gasteiger partial charge is 0.207 e. The first-order chi connectivity index (χ1) is 8.81. The van der Waals surface area contributed by atoms with Crippen molar-refractivity contribution in [2.75, 3.05) is 21.3 Å². The monoisotopic (exact) mass is 245 g/mol. The Kier molecular flexibility index (Phi) is 3.67. The Balaban J connectivity index is 2.62. The lowest BCUT2D eigenvalue weighted by atomic mass is 10.1. The summed E-state index contributed by atoms with van der Waals surface area (Å²) < 4.78 is 15.9. The maximum atomic E-state index is 5.40. The summed E-state index contributed by atoms with van der Waals surface area (Å²) in [5.41, 5.74) is 1.70. The molecule has 0 saturated heterocycles. The SMILES string of the molecule is COc1cnc(-c2ccccc2)c(OC)c1OC. The second-order valence-electron chi connectivity index (χ2n) is 3.61. The van der Waals surface area contributed by atoms with E-state index in [-0.39, 0.29) is 0 Å². The van der Waals surface area contributed by atoms with Crippen LogP contribution < -0.4 is 14.2 Å². The maximum Gasteiger partial charge on any atom is 0.207 e. The Morgan fingerprint density at radius 3 is 2.06 bits per heavy atom. The predicted molar refractivity (Wildman–Crippen MR) is 69.3 cm³/mol. The number of ether oxygens (including phenoxy) is 3. The number of nitrogens with zero attached hydrogens (tertiary/aromatic N) is 1.